The lowest BCUT2D eigenvalue weighted by molar-refractivity contribution is -0.0290. The van der Waals surface area contributed by atoms with Gasteiger partial charge in [-0.1, -0.05) is 0 Å². The van der Waals surface area contributed by atoms with Gasteiger partial charge in [0.05, 0.1) is 12.7 Å². The number of aliphatic hydroxyl groups excluding tert-OH is 1. The molecule has 1 aromatic rings. The minimum atomic E-state index is -3.30. The van der Waals surface area contributed by atoms with Gasteiger partial charge in [0.25, 0.3) is 5.92 Å². The largest absolute Gasteiger partial charge is 0.496 e. The fraction of sp³-hybridized carbons (Fsp3) is 0.455. The molecule has 1 aromatic carbocycles. The molecular weight excluding hydrogens is 221 g/mol. The first-order valence-electron chi connectivity index (χ1n) is 4.75. The zero-order chi connectivity index (χ0) is 12.3. The molecule has 0 heterocycles. The molecule has 0 aliphatic carbocycles. The average molecular weight is 234 g/mol. The van der Waals surface area contributed by atoms with Gasteiger partial charge in [-0.2, -0.15) is 0 Å². The lowest BCUT2D eigenvalue weighted by atomic mass is 10.0. The molecule has 1 rings (SSSR count). The molecule has 0 aliphatic rings. The number of ether oxygens (including phenoxy) is 1. The Morgan fingerprint density at radius 3 is 2.50 bits per heavy atom. The van der Waals surface area contributed by atoms with E-state index in [0.29, 0.717) is 0 Å². The number of aryl methyl sites for hydroxylation is 1. The SMILES string of the molecule is COc1cc(C)c(F)cc1C(F)(F)CCO. The Labute approximate surface area is 91.7 Å². The molecule has 0 radical (unpaired) electrons. The quantitative estimate of drug-likeness (QED) is 0.867. The van der Waals surface area contributed by atoms with Crippen molar-refractivity contribution in [1.29, 1.82) is 0 Å². The van der Waals surface area contributed by atoms with Gasteiger partial charge in [-0.25, -0.2) is 13.2 Å². The molecule has 0 amide bonds. The summed E-state index contributed by atoms with van der Waals surface area (Å²) in [6, 6.07) is 1.97. The number of methoxy groups -OCH3 is 1. The van der Waals surface area contributed by atoms with Crippen LogP contribution in [0, 0.1) is 12.7 Å². The molecule has 0 atom stereocenters. The number of hydrogen-bond acceptors (Lipinski definition) is 2. The normalized spacial score (nSPS) is 11.6. The number of hydrogen-bond donors (Lipinski definition) is 1. The number of aliphatic hydroxyl groups is 1. The van der Waals surface area contributed by atoms with Gasteiger partial charge < -0.3 is 9.84 Å². The van der Waals surface area contributed by atoms with Crippen LogP contribution in [0.15, 0.2) is 12.1 Å². The van der Waals surface area contributed by atoms with Gasteiger partial charge in [0.2, 0.25) is 0 Å². The van der Waals surface area contributed by atoms with Crippen LogP contribution in [0.5, 0.6) is 5.75 Å². The Bertz CT molecular complexity index is 378. The van der Waals surface area contributed by atoms with E-state index in [9.17, 15) is 13.2 Å². The summed E-state index contributed by atoms with van der Waals surface area (Å²) in [5, 5.41) is 8.54. The number of benzene rings is 1. The summed E-state index contributed by atoms with van der Waals surface area (Å²) in [6.45, 7) is 0.789. The van der Waals surface area contributed by atoms with E-state index in [0.717, 1.165) is 6.07 Å². The Hall–Kier alpha value is -1.23. The standard InChI is InChI=1S/C11H13F3O2/c1-7-5-10(16-2)8(6-9(7)12)11(13,14)3-4-15/h5-6,15H,3-4H2,1-2H3. The number of alkyl halides is 2. The van der Waals surface area contributed by atoms with Crippen molar-refractivity contribution in [3.8, 4) is 5.75 Å². The van der Waals surface area contributed by atoms with Crippen LogP contribution in [0.2, 0.25) is 0 Å². The van der Waals surface area contributed by atoms with E-state index in [1.807, 2.05) is 0 Å². The molecular formula is C11H13F3O2. The summed E-state index contributed by atoms with van der Waals surface area (Å²) < 4.78 is 45.0. The van der Waals surface area contributed by atoms with E-state index in [1.165, 1.54) is 20.1 Å². The fourth-order valence-corrected chi connectivity index (χ4v) is 1.38. The number of halogens is 3. The fourth-order valence-electron chi connectivity index (χ4n) is 1.38. The molecule has 0 spiro atoms. The molecule has 0 saturated heterocycles. The highest BCUT2D eigenvalue weighted by Gasteiger charge is 2.34. The van der Waals surface area contributed by atoms with E-state index in [1.54, 1.807) is 0 Å². The van der Waals surface area contributed by atoms with Crippen LogP contribution in [0.4, 0.5) is 13.2 Å². The highest BCUT2D eigenvalue weighted by atomic mass is 19.3. The van der Waals surface area contributed by atoms with Crippen LogP contribution < -0.4 is 4.74 Å². The van der Waals surface area contributed by atoms with E-state index >= 15 is 0 Å². The van der Waals surface area contributed by atoms with Crippen LogP contribution in [-0.4, -0.2) is 18.8 Å². The summed E-state index contributed by atoms with van der Waals surface area (Å²) >= 11 is 0. The smallest absolute Gasteiger partial charge is 0.279 e. The second kappa shape index (κ2) is 4.74. The molecule has 0 unspecified atom stereocenters. The molecule has 0 saturated carbocycles. The zero-order valence-electron chi connectivity index (χ0n) is 9.06. The number of rotatable bonds is 4. The topological polar surface area (TPSA) is 29.5 Å². The van der Waals surface area contributed by atoms with Crippen molar-refractivity contribution >= 4 is 0 Å². The Balaban J connectivity index is 3.26. The van der Waals surface area contributed by atoms with Crippen LogP contribution in [0.3, 0.4) is 0 Å². The van der Waals surface area contributed by atoms with Gasteiger partial charge in [0.1, 0.15) is 11.6 Å². The Kier molecular flexibility index (Phi) is 3.80. The molecule has 1 N–H and O–H groups in total. The van der Waals surface area contributed by atoms with Crippen molar-refractivity contribution in [3.63, 3.8) is 0 Å². The summed E-state index contributed by atoms with van der Waals surface area (Å²) in [6.07, 6.45) is -0.758. The second-order valence-corrected chi connectivity index (χ2v) is 3.48. The van der Waals surface area contributed by atoms with Crippen LogP contribution >= 0.6 is 0 Å². The van der Waals surface area contributed by atoms with Crippen molar-refractivity contribution in [2.24, 2.45) is 0 Å². The van der Waals surface area contributed by atoms with Crippen molar-refractivity contribution < 1.29 is 23.0 Å². The lowest BCUT2D eigenvalue weighted by Crippen LogP contribution is -2.17. The molecule has 0 aliphatic heterocycles. The minimum Gasteiger partial charge on any atom is -0.496 e. The van der Waals surface area contributed by atoms with Gasteiger partial charge in [-0.3, -0.25) is 0 Å². The molecule has 16 heavy (non-hydrogen) atoms. The lowest BCUT2D eigenvalue weighted by Gasteiger charge is -2.19. The summed E-state index contributed by atoms with van der Waals surface area (Å²) in [5.74, 6) is -4.08. The van der Waals surface area contributed by atoms with Crippen LogP contribution in [0.1, 0.15) is 17.5 Å². The first kappa shape index (κ1) is 12.8. The van der Waals surface area contributed by atoms with E-state index in [4.69, 9.17) is 9.84 Å². The molecule has 5 heteroatoms. The maximum Gasteiger partial charge on any atom is 0.279 e. The average Bonchev–Trinajstić information content (AvgIpc) is 2.21. The predicted molar refractivity (Wildman–Crippen MR) is 53.3 cm³/mol. The second-order valence-electron chi connectivity index (χ2n) is 3.48. The Morgan fingerprint density at radius 1 is 1.38 bits per heavy atom. The maximum absolute atomic E-state index is 13.5. The van der Waals surface area contributed by atoms with Crippen LogP contribution in [0.25, 0.3) is 0 Å². The first-order valence-corrected chi connectivity index (χ1v) is 4.75. The Morgan fingerprint density at radius 2 is 2.00 bits per heavy atom. The molecule has 2 nitrogen and oxygen atoms in total. The van der Waals surface area contributed by atoms with E-state index < -0.39 is 30.3 Å². The van der Waals surface area contributed by atoms with Crippen LogP contribution in [-0.2, 0) is 5.92 Å². The van der Waals surface area contributed by atoms with E-state index in [2.05, 4.69) is 0 Å². The molecule has 90 valence electrons. The predicted octanol–water partition coefficient (Wildman–Crippen LogP) is 2.62. The minimum absolute atomic E-state index is 0.0719. The summed E-state index contributed by atoms with van der Waals surface area (Å²) in [5.41, 5.74) is -0.299. The molecule has 0 bridgehead atoms. The van der Waals surface area contributed by atoms with Gasteiger partial charge in [0.15, 0.2) is 0 Å². The first-order chi connectivity index (χ1) is 7.42. The van der Waals surface area contributed by atoms with Crippen molar-refractivity contribution in [3.05, 3.63) is 29.1 Å². The maximum atomic E-state index is 13.5. The van der Waals surface area contributed by atoms with E-state index in [-0.39, 0.29) is 11.3 Å². The third-order valence-electron chi connectivity index (χ3n) is 2.30. The third kappa shape index (κ3) is 2.47. The highest BCUT2D eigenvalue weighted by Crippen LogP contribution is 2.38. The summed E-state index contributed by atoms with van der Waals surface area (Å²) in [7, 11) is 1.24. The summed E-state index contributed by atoms with van der Waals surface area (Å²) in [4.78, 5) is 0. The third-order valence-corrected chi connectivity index (χ3v) is 2.30. The van der Waals surface area contributed by atoms with Gasteiger partial charge in [0, 0.05) is 13.0 Å². The van der Waals surface area contributed by atoms with Gasteiger partial charge in [-0.15, -0.1) is 0 Å². The highest BCUT2D eigenvalue weighted by molar-refractivity contribution is 5.40. The van der Waals surface area contributed by atoms with Crippen molar-refractivity contribution in [2.75, 3.05) is 13.7 Å². The van der Waals surface area contributed by atoms with Gasteiger partial charge in [-0.05, 0) is 24.6 Å². The molecule has 0 fully saturated rings. The molecule has 0 aromatic heterocycles. The van der Waals surface area contributed by atoms with Crippen molar-refractivity contribution in [2.45, 2.75) is 19.3 Å². The zero-order valence-corrected chi connectivity index (χ0v) is 9.06. The monoisotopic (exact) mass is 234 g/mol. The van der Waals surface area contributed by atoms with Gasteiger partial charge >= 0.3 is 0 Å². The van der Waals surface area contributed by atoms with Crippen molar-refractivity contribution in [1.82, 2.24) is 0 Å².